The summed E-state index contributed by atoms with van der Waals surface area (Å²) in [4.78, 5) is 26.1. The molecule has 0 aliphatic heterocycles. The molecule has 0 aliphatic rings. The Morgan fingerprint density at radius 3 is 2.68 bits per heavy atom. The van der Waals surface area contributed by atoms with Crippen molar-refractivity contribution < 1.29 is 14.3 Å². The first-order valence-electron chi connectivity index (χ1n) is 7.83. The van der Waals surface area contributed by atoms with E-state index in [4.69, 9.17) is 4.74 Å². The highest BCUT2D eigenvalue weighted by Gasteiger charge is 2.25. The molecular formula is C17H22N4O3S. The van der Waals surface area contributed by atoms with Gasteiger partial charge in [-0.1, -0.05) is 36.0 Å². The van der Waals surface area contributed by atoms with Crippen molar-refractivity contribution in [2.75, 3.05) is 13.7 Å². The molecule has 0 saturated carbocycles. The number of benzene rings is 1. The van der Waals surface area contributed by atoms with Crippen molar-refractivity contribution in [3.8, 4) is 0 Å². The Kier molecular flexibility index (Phi) is 6.58. The van der Waals surface area contributed by atoms with E-state index in [-0.39, 0.29) is 12.5 Å². The highest BCUT2D eigenvalue weighted by Crippen LogP contribution is 2.23. The molecule has 1 aromatic heterocycles. The molecule has 2 aromatic rings. The molecule has 0 bridgehead atoms. The minimum absolute atomic E-state index is 0.0899. The van der Waals surface area contributed by atoms with E-state index < -0.39 is 11.2 Å². The lowest BCUT2D eigenvalue weighted by Gasteiger charge is -2.25. The maximum atomic E-state index is 12.9. The van der Waals surface area contributed by atoms with E-state index in [9.17, 15) is 9.59 Å². The molecule has 1 amide bonds. The van der Waals surface area contributed by atoms with Crippen LogP contribution in [-0.4, -0.2) is 50.4 Å². The van der Waals surface area contributed by atoms with Crippen molar-refractivity contribution in [3.63, 3.8) is 0 Å². The zero-order chi connectivity index (χ0) is 18.4. The van der Waals surface area contributed by atoms with Crippen LogP contribution >= 0.6 is 11.8 Å². The average molecular weight is 362 g/mol. The second kappa shape index (κ2) is 8.66. The molecule has 8 heteroatoms. The zero-order valence-electron chi connectivity index (χ0n) is 14.8. The number of nitrogens with zero attached hydrogens (tertiary/aromatic N) is 4. The van der Waals surface area contributed by atoms with Gasteiger partial charge in [-0.3, -0.25) is 9.59 Å². The van der Waals surface area contributed by atoms with Gasteiger partial charge in [0.1, 0.15) is 12.9 Å². The van der Waals surface area contributed by atoms with Gasteiger partial charge < -0.3 is 14.2 Å². The number of thioether (sulfide) groups is 1. The van der Waals surface area contributed by atoms with Gasteiger partial charge in [-0.2, -0.15) is 0 Å². The summed E-state index contributed by atoms with van der Waals surface area (Å²) in [5.41, 5.74) is 2.06. The number of esters is 1. The standard InChI is InChI=1S/C17H22N4O3S/c1-12-7-5-6-8-14(12)9-21(10-15(22)24-4)16(23)13(2)25-17-19-18-11-20(17)3/h5-8,11,13H,9-10H2,1-4H3. The molecule has 0 radical (unpaired) electrons. The number of hydrogen-bond acceptors (Lipinski definition) is 6. The molecule has 0 saturated heterocycles. The van der Waals surface area contributed by atoms with E-state index in [2.05, 4.69) is 10.2 Å². The molecule has 1 atom stereocenters. The van der Waals surface area contributed by atoms with Crippen LogP contribution in [0.2, 0.25) is 0 Å². The lowest BCUT2D eigenvalue weighted by atomic mass is 10.1. The maximum Gasteiger partial charge on any atom is 0.325 e. The third-order valence-electron chi connectivity index (χ3n) is 3.78. The van der Waals surface area contributed by atoms with Gasteiger partial charge in [-0.05, 0) is 25.0 Å². The van der Waals surface area contributed by atoms with Crippen LogP contribution in [0.3, 0.4) is 0 Å². The third-order valence-corrected chi connectivity index (χ3v) is 4.92. The number of amides is 1. The molecule has 1 aromatic carbocycles. The van der Waals surface area contributed by atoms with Gasteiger partial charge in [-0.15, -0.1) is 10.2 Å². The molecule has 25 heavy (non-hydrogen) atoms. The number of carbonyl (C=O) groups is 2. The minimum Gasteiger partial charge on any atom is -0.468 e. The Labute approximate surface area is 151 Å². The lowest BCUT2D eigenvalue weighted by molar-refractivity contribution is -0.147. The summed E-state index contributed by atoms with van der Waals surface area (Å²) in [7, 11) is 3.13. The molecule has 0 N–H and O–H groups in total. The fourth-order valence-electron chi connectivity index (χ4n) is 2.27. The van der Waals surface area contributed by atoms with Crippen LogP contribution in [0.1, 0.15) is 18.1 Å². The van der Waals surface area contributed by atoms with Crippen molar-refractivity contribution >= 4 is 23.6 Å². The van der Waals surface area contributed by atoms with Crippen LogP contribution in [0.15, 0.2) is 35.7 Å². The van der Waals surface area contributed by atoms with E-state index in [1.165, 1.54) is 23.8 Å². The fourth-order valence-corrected chi connectivity index (χ4v) is 3.14. The van der Waals surface area contributed by atoms with Crippen LogP contribution in [-0.2, 0) is 27.9 Å². The highest BCUT2D eigenvalue weighted by molar-refractivity contribution is 8.00. The Morgan fingerprint density at radius 2 is 2.08 bits per heavy atom. The first-order valence-corrected chi connectivity index (χ1v) is 8.71. The van der Waals surface area contributed by atoms with Crippen LogP contribution in [0, 0.1) is 6.92 Å². The molecule has 0 fully saturated rings. The van der Waals surface area contributed by atoms with E-state index in [1.54, 1.807) is 17.8 Å². The first-order chi connectivity index (χ1) is 11.9. The van der Waals surface area contributed by atoms with Crippen molar-refractivity contribution in [1.29, 1.82) is 0 Å². The van der Waals surface area contributed by atoms with Gasteiger partial charge >= 0.3 is 5.97 Å². The number of aromatic nitrogens is 3. The highest BCUT2D eigenvalue weighted by atomic mass is 32.2. The molecule has 1 unspecified atom stereocenters. The quantitative estimate of drug-likeness (QED) is 0.552. The molecular weight excluding hydrogens is 340 g/mol. The molecule has 134 valence electrons. The van der Waals surface area contributed by atoms with Gasteiger partial charge in [0, 0.05) is 13.6 Å². The Balaban J connectivity index is 2.15. The van der Waals surface area contributed by atoms with Gasteiger partial charge in [0.2, 0.25) is 5.91 Å². The molecule has 0 spiro atoms. The number of methoxy groups -OCH3 is 1. The summed E-state index contributed by atoms with van der Waals surface area (Å²) in [6.45, 7) is 4.04. The fraction of sp³-hybridized carbons (Fsp3) is 0.412. The van der Waals surface area contributed by atoms with Crippen LogP contribution in [0.5, 0.6) is 0 Å². The second-order valence-electron chi connectivity index (χ2n) is 5.68. The summed E-state index contributed by atoms with van der Waals surface area (Å²) in [5.74, 6) is -0.598. The van der Waals surface area contributed by atoms with Crippen LogP contribution < -0.4 is 0 Å². The Bertz CT molecular complexity index is 747. The summed E-state index contributed by atoms with van der Waals surface area (Å²) in [5, 5.41) is 8.04. The van der Waals surface area contributed by atoms with E-state index in [1.807, 2.05) is 38.2 Å². The maximum absolute atomic E-state index is 12.9. The van der Waals surface area contributed by atoms with Gasteiger partial charge in [0.05, 0.1) is 12.4 Å². The smallest absolute Gasteiger partial charge is 0.325 e. The summed E-state index contributed by atoms with van der Waals surface area (Å²) >= 11 is 1.31. The van der Waals surface area contributed by atoms with E-state index >= 15 is 0 Å². The monoisotopic (exact) mass is 362 g/mol. The third kappa shape index (κ3) is 5.06. The normalized spacial score (nSPS) is 11.8. The van der Waals surface area contributed by atoms with Gasteiger partial charge in [0.15, 0.2) is 5.16 Å². The number of carbonyl (C=O) groups excluding carboxylic acids is 2. The van der Waals surface area contributed by atoms with E-state index in [0.717, 1.165) is 11.1 Å². The number of aryl methyl sites for hydroxylation is 2. The van der Waals surface area contributed by atoms with Crippen LogP contribution in [0.4, 0.5) is 0 Å². The number of rotatable bonds is 7. The average Bonchev–Trinajstić information content (AvgIpc) is 3.00. The van der Waals surface area contributed by atoms with Crippen LogP contribution in [0.25, 0.3) is 0 Å². The van der Waals surface area contributed by atoms with Crippen molar-refractivity contribution in [2.24, 2.45) is 7.05 Å². The summed E-state index contributed by atoms with van der Waals surface area (Å²) < 4.78 is 6.49. The van der Waals surface area contributed by atoms with Crippen molar-refractivity contribution in [1.82, 2.24) is 19.7 Å². The predicted octanol–water partition coefficient (Wildman–Crippen LogP) is 1.81. The minimum atomic E-state index is -0.446. The van der Waals surface area contributed by atoms with Crippen molar-refractivity contribution in [2.45, 2.75) is 30.8 Å². The van der Waals surface area contributed by atoms with Gasteiger partial charge in [-0.25, -0.2) is 0 Å². The van der Waals surface area contributed by atoms with Crippen molar-refractivity contribution in [3.05, 3.63) is 41.7 Å². The van der Waals surface area contributed by atoms with E-state index in [0.29, 0.717) is 11.7 Å². The Morgan fingerprint density at radius 1 is 1.36 bits per heavy atom. The topological polar surface area (TPSA) is 77.3 Å². The number of hydrogen-bond donors (Lipinski definition) is 0. The Hall–Kier alpha value is -2.35. The molecule has 2 rings (SSSR count). The molecule has 0 aliphatic carbocycles. The van der Waals surface area contributed by atoms with Gasteiger partial charge in [0.25, 0.3) is 0 Å². The summed E-state index contributed by atoms with van der Waals surface area (Å²) in [6.07, 6.45) is 1.58. The number of ether oxygens (including phenoxy) is 1. The first kappa shape index (κ1) is 19.0. The zero-order valence-corrected chi connectivity index (χ0v) is 15.6. The predicted molar refractivity (Wildman–Crippen MR) is 94.9 cm³/mol. The largest absolute Gasteiger partial charge is 0.468 e. The summed E-state index contributed by atoms with van der Waals surface area (Å²) in [6, 6.07) is 7.79. The molecule has 7 nitrogen and oxygen atoms in total. The SMILES string of the molecule is COC(=O)CN(Cc1ccccc1C)C(=O)C(C)Sc1nncn1C. The second-order valence-corrected chi connectivity index (χ2v) is 6.99. The lowest BCUT2D eigenvalue weighted by Crippen LogP contribution is -2.40. The molecule has 1 heterocycles.